The Kier molecular flexibility index (Phi) is 4.37. The molecule has 1 aliphatic rings. The van der Waals surface area contributed by atoms with Crippen molar-refractivity contribution in [2.75, 3.05) is 0 Å². The first-order valence-corrected chi connectivity index (χ1v) is 5.49. The van der Waals surface area contributed by atoms with Crippen LogP contribution in [0.4, 0.5) is 0 Å². The lowest BCUT2D eigenvalue weighted by atomic mass is 9.91. The van der Waals surface area contributed by atoms with Crippen LogP contribution < -0.4 is 5.32 Å². The Bertz CT molecular complexity index is 212. The van der Waals surface area contributed by atoms with Crippen molar-refractivity contribution in [3.63, 3.8) is 0 Å². The predicted octanol–water partition coefficient (Wildman–Crippen LogP) is 1.43. The molecule has 0 radical (unpaired) electrons. The van der Waals surface area contributed by atoms with Crippen molar-refractivity contribution in [3.05, 3.63) is 0 Å². The van der Waals surface area contributed by atoms with E-state index in [1.807, 2.05) is 13.8 Å². The molecule has 0 aromatic carbocycles. The van der Waals surface area contributed by atoms with Crippen molar-refractivity contribution in [1.82, 2.24) is 5.32 Å². The lowest BCUT2D eigenvalue weighted by Gasteiger charge is -2.31. The number of rotatable bonds is 3. The number of hydrogen-bond donors (Lipinski definition) is 2. The van der Waals surface area contributed by atoms with E-state index in [0.29, 0.717) is 0 Å². The van der Waals surface area contributed by atoms with E-state index in [1.54, 1.807) is 0 Å². The van der Waals surface area contributed by atoms with Gasteiger partial charge in [-0.25, -0.2) is 0 Å². The lowest BCUT2D eigenvalue weighted by Crippen LogP contribution is -2.47. The van der Waals surface area contributed by atoms with Crippen molar-refractivity contribution in [2.45, 2.75) is 57.7 Å². The van der Waals surface area contributed by atoms with E-state index in [9.17, 15) is 5.11 Å². The van der Waals surface area contributed by atoms with E-state index in [2.05, 4.69) is 11.4 Å². The molecule has 1 fully saturated rings. The third-order valence-corrected chi connectivity index (χ3v) is 3.16. The van der Waals surface area contributed by atoms with E-state index >= 15 is 0 Å². The average molecular weight is 196 g/mol. The highest BCUT2D eigenvalue weighted by atomic mass is 16.3. The molecule has 1 aliphatic carbocycles. The first kappa shape index (κ1) is 11.5. The van der Waals surface area contributed by atoms with Gasteiger partial charge in [0.15, 0.2) is 0 Å². The Morgan fingerprint density at radius 1 is 1.36 bits per heavy atom. The fourth-order valence-electron chi connectivity index (χ4n) is 1.90. The smallest absolute Gasteiger partial charge is 0.0693 e. The van der Waals surface area contributed by atoms with E-state index in [1.165, 1.54) is 6.42 Å². The van der Waals surface area contributed by atoms with Gasteiger partial charge in [-0.05, 0) is 26.7 Å². The molecule has 3 nitrogen and oxygen atoms in total. The molecule has 1 rings (SSSR count). The number of nitrogens with one attached hydrogen (secondary N) is 1. The van der Waals surface area contributed by atoms with E-state index in [4.69, 9.17) is 5.26 Å². The maximum absolute atomic E-state index is 9.73. The fraction of sp³-hybridized carbons (Fsp3) is 0.909. The lowest BCUT2D eigenvalue weighted by molar-refractivity contribution is 0.0838. The van der Waals surface area contributed by atoms with Gasteiger partial charge in [-0.1, -0.05) is 12.8 Å². The number of aliphatic hydroxyl groups excluding tert-OH is 1. The van der Waals surface area contributed by atoms with Crippen LogP contribution in [0.5, 0.6) is 0 Å². The number of nitriles is 1. The average Bonchev–Trinajstić information content (AvgIpc) is 2.20. The van der Waals surface area contributed by atoms with Crippen LogP contribution >= 0.6 is 0 Å². The summed E-state index contributed by atoms with van der Waals surface area (Å²) in [5.41, 5.74) is 0. The van der Waals surface area contributed by atoms with Crippen molar-refractivity contribution in [2.24, 2.45) is 5.92 Å². The summed E-state index contributed by atoms with van der Waals surface area (Å²) in [7, 11) is 0. The molecule has 0 bridgehead atoms. The van der Waals surface area contributed by atoms with Gasteiger partial charge in [-0.15, -0.1) is 0 Å². The van der Waals surface area contributed by atoms with Gasteiger partial charge in [0.2, 0.25) is 0 Å². The summed E-state index contributed by atoms with van der Waals surface area (Å²) in [6.07, 6.45) is 4.01. The van der Waals surface area contributed by atoms with Crippen LogP contribution in [-0.2, 0) is 0 Å². The minimum atomic E-state index is -0.225. The molecule has 0 saturated heterocycles. The minimum Gasteiger partial charge on any atom is -0.392 e. The van der Waals surface area contributed by atoms with Crippen molar-refractivity contribution in [1.29, 1.82) is 5.26 Å². The molecule has 0 aliphatic heterocycles. The van der Waals surface area contributed by atoms with Crippen LogP contribution in [0.15, 0.2) is 0 Å². The highest BCUT2D eigenvalue weighted by molar-refractivity contribution is 4.90. The SMILES string of the molecule is CC(C#N)C(C)N[C@H]1CCCC[C@@H]1O. The maximum atomic E-state index is 9.73. The maximum Gasteiger partial charge on any atom is 0.0693 e. The van der Waals surface area contributed by atoms with Gasteiger partial charge in [-0.2, -0.15) is 5.26 Å². The van der Waals surface area contributed by atoms with Gasteiger partial charge < -0.3 is 10.4 Å². The minimum absolute atomic E-state index is 0.00382. The molecule has 3 heteroatoms. The Hall–Kier alpha value is -0.590. The van der Waals surface area contributed by atoms with Gasteiger partial charge in [0.1, 0.15) is 0 Å². The molecule has 0 aromatic heterocycles. The monoisotopic (exact) mass is 196 g/mol. The number of nitrogens with zero attached hydrogens (tertiary/aromatic N) is 1. The molecule has 1 saturated carbocycles. The summed E-state index contributed by atoms with van der Waals surface area (Å²) in [4.78, 5) is 0. The highest BCUT2D eigenvalue weighted by Crippen LogP contribution is 2.19. The molecule has 0 heterocycles. The molecule has 2 unspecified atom stereocenters. The zero-order chi connectivity index (χ0) is 10.6. The second kappa shape index (κ2) is 5.33. The van der Waals surface area contributed by atoms with Gasteiger partial charge in [0.05, 0.1) is 18.1 Å². The summed E-state index contributed by atoms with van der Waals surface area (Å²) < 4.78 is 0. The van der Waals surface area contributed by atoms with Crippen LogP contribution in [0.25, 0.3) is 0 Å². The molecular formula is C11H20N2O. The largest absolute Gasteiger partial charge is 0.392 e. The van der Waals surface area contributed by atoms with Gasteiger partial charge in [0.25, 0.3) is 0 Å². The standard InChI is InChI=1S/C11H20N2O/c1-8(7-12)9(2)13-10-5-3-4-6-11(10)14/h8-11,13-14H,3-6H2,1-2H3/t8?,9?,10-,11-/m0/s1. The first-order valence-electron chi connectivity index (χ1n) is 5.49. The zero-order valence-corrected chi connectivity index (χ0v) is 9.03. The Morgan fingerprint density at radius 3 is 2.57 bits per heavy atom. The first-order chi connectivity index (χ1) is 6.65. The molecular weight excluding hydrogens is 176 g/mol. The molecule has 0 aromatic rings. The Labute approximate surface area is 86.1 Å². The van der Waals surface area contributed by atoms with E-state index in [0.717, 1.165) is 19.3 Å². The van der Waals surface area contributed by atoms with Crippen LogP contribution in [0, 0.1) is 17.2 Å². The summed E-state index contributed by atoms with van der Waals surface area (Å²) in [5.74, 6) is 0.00382. The second-order valence-electron chi connectivity index (χ2n) is 4.33. The normalized spacial score (nSPS) is 31.9. The molecule has 0 spiro atoms. The Morgan fingerprint density at radius 2 is 2.00 bits per heavy atom. The summed E-state index contributed by atoms with van der Waals surface area (Å²) in [6.45, 7) is 3.92. The Balaban J connectivity index is 2.38. The van der Waals surface area contributed by atoms with E-state index < -0.39 is 0 Å². The van der Waals surface area contributed by atoms with Gasteiger partial charge in [0, 0.05) is 12.1 Å². The third kappa shape index (κ3) is 2.97. The quantitative estimate of drug-likeness (QED) is 0.718. The summed E-state index contributed by atoms with van der Waals surface area (Å²) in [6, 6.07) is 2.58. The van der Waals surface area contributed by atoms with Crippen molar-refractivity contribution < 1.29 is 5.11 Å². The highest BCUT2D eigenvalue weighted by Gasteiger charge is 2.25. The van der Waals surface area contributed by atoms with Crippen LogP contribution in [-0.4, -0.2) is 23.3 Å². The van der Waals surface area contributed by atoms with Crippen LogP contribution in [0.2, 0.25) is 0 Å². The fourth-order valence-corrected chi connectivity index (χ4v) is 1.90. The van der Waals surface area contributed by atoms with Gasteiger partial charge >= 0.3 is 0 Å². The van der Waals surface area contributed by atoms with E-state index in [-0.39, 0.29) is 24.1 Å². The topological polar surface area (TPSA) is 56.0 Å². The van der Waals surface area contributed by atoms with Crippen molar-refractivity contribution in [3.8, 4) is 6.07 Å². The molecule has 4 atom stereocenters. The zero-order valence-electron chi connectivity index (χ0n) is 9.03. The molecule has 80 valence electrons. The predicted molar refractivity (Wildman–Crippen MR) is 55.6 cm³/mol. The molecule has 0 amide bonds. The third-order valence-electron chi connectivity index (χ3n) is 3.16. The van der Waals surface area contributed by atoms with Crippen LogP contribution in [0.1, 0.15) is 39.5 Å². The summed E-state index contributed by atoms with van der Waals surface area (Å²) >= 11 is 0. The number of hydrogen-bond acceptors (Lipinski definition) is 3. The molecule has 2 N–H and O–H groups in total. The summed E-state index contributed by atoms with van der Waals surface area (Å²) in [5, 5.41) is 21.8. The van der Waals surface area contributed by atoms with Crippen LogP contribution in [0.3, 0.4) is 0 Å². The number of aliphatic hydroxyl groups is 1. The van der Waals surface area contributed by atoms with Gasteiger partial charge in [-0.3, -0.25) is 0 Å². The second-order valence-corrected chi connectivity index (χ2v) is 4.33. The van der Waals surface area contributed by atoms with Crippen molar-refractivity contribution >= 4 is 0 Å². The molecule has 14 heavy (non-hydrogen) atoms.